The molecule has 0 amide bonds. The van der Waals surface area contributed by atoms with Crippen molar-refractivity contribution in [1.82, 2.24) is 19.1 Å². The van der Waals surface area contributed by atoms with E-state index in [2.05, 4.69) is 9.97 Å². The highest BCUT2D eigenvalue weighted by Gasteiger charge is 1.89. The summed E-state index contributed by atoms with van der Waals surface area (Å²) < 4.78 is 2.72. The van der Waals surface area contributed by atoms with E-state index in [1.54, 1.807) is 38.6 Å². The minimum atomic E-state index is -0.324. The Hall–Kier alpha value is -2.64. The summed E-state index contributed by atoms with van der Waals surface area (Å²) in [6.45, 7) is 0. The van der Waals surface area contributed by atoms with Crippen molar-refractivity contribution in [2.45, 2.75) is 0 Å². The Labute approximate surface area is 103 Å². The van der Waals surface area contributed by atoms with Crippen LogP contribution in [0.25, 0.3) is 0 Å². The minimum Gasteiger partial charge on any atom is -0.383 e. The van der Waals surface area contributed by atoms with Gasteiger partial charge in [-0.05, 0) is 12.1 Å². The molecule has 0 aliphatic rings. The third-order valence-electron chi connectivity index (χ3n) is 1.99. The van der Waals surface area contributed by atoms with Gasteiger partial charge in [0.05, 0.1) is 0 Å². The smallest absolute Gasteiger partial charge is 0.349 e. The number of rotatable bonds is 0. The van der Waals surface area contributed by atoms with Crippen LogP contribution in [0.5, 0.6) is 0 Å². The molecule has 96 valence electrons. The van der Waals surface area contributed by atoms with Crippen LogP contribution >= 0.6 is 0 Å². The zero-order valence-electron chi connectivity index (χ0n) is 10.1. The van der Waals surface area contributed by atoms with Gasteiger partial charge in [0.15, 0.2) is 0 Å². The largest absolute Gasteiger partial charge is 0.383 e. The lowest BCUT2D eigenvalue weighted by molar-refractivity contribution is 0.814. The monoisotopic (exact) mass is 250 g/mol. The first kappa shape index (κ1) is 13.4. The summed E-state index contributed by atoms with van der Waals surface area (Å²) in [5, 5.41) is 0. The summed E-state index contributed by atoms with van der Waals surface area (Å²) in [4.78, 5) is 28.1. The summed E-state index contributed by atoms with van der Waals surface area (Å²) in [5.74, 6) is 0.524. The van der Waals surface area contributed by atoms with Crippen molar-refractivity contribution in [3.8, 4) is 0 Å². The molecule has 2 heterocycles. The van der Waals surface area contributed by atoms with Crippen LogP contribution in [-0.4, -0.2) is 19.1 Å². The van der Waals surface area contributed by atoms with E-state index >= 15 is 0 Å². The number of hydrogen-bond acceptors (Lipinski definition) is 6. The fourth-order valence-corrected chi connectivity index (χ4v) is 0.957. The Morgan fingerprint density at radius 1 is 0.889 bits per heavy atom. The van der Waals surface area contributed by atoms with Crippen LogP contribution in [0.1, 0.15) is 0 Å². The highest BCUT2D eigenvalue weighted by molar-refractivity contribution is 5.23. The Morgan fingerprint density at radius 3 is 1.44 bits per heavy atom. The van der Waals surface area contributed by atoms with Crippen LogP contribution in [0.15, 0.2) is 34.1 Å². The predicted molar refractivity (Wildman–Crippen MR) is 67.8 cm³/mol. The lowest BCUT2D eigenvalue weighted by Gasteiger charge is -1.92. The van der Waals surface area contributed by atoms with Gasteiger partial charge in [-0.15, -0.1) is 0 Å². The fraction of sp³-hybridized carbons (Fsp3) is 0.200. The van der Waals surface area contributed by atoms with E-state index < -0.39 is 0 Å². The molecule has 4 N–H and O–H groups in total. The summed E-state index contributed by atoms with van der Waals surface area (Å²) in [6.07, 6.45) is 3.15. The van der Waals surface area contributed by atoms with Gasteiger partial charge in [0.2, 0.25) is 0 Å². The maximum atomic E-state index is 10.6. The molecule has 8 heteroatoms. The number of hydrogen-bond donors (Lipinski definition) is 2. The van der Waals surface area contributed by atoms with Crippen molar-refractivity contribution in [3.05, 3.63) is 45.5 Å². The van der Waals surface area contributed by atoms with E-state index in [4.69, 9.17) is 11.5 Å². The summed E-state index contributed by atoms with van der Waals surface area (Å²) in [7, 11) is 3.24. The van der Waals surface area contributed by atoms with E-state index in [9.17, 15) is 9.59 Å². The van der Waals surface area contributed by atoms with Crippen LogP contribution in [0.3, 0.4) is 0 Å². The van der Waals surface area contributed by atoms with Crippen molar-refractivity contribution in [1.29, 1.82) is 0 Å². The second-order valence-electron chi connectivity index (χ2n) is 3.49. The molecule has 2 rings (SSSR count). The maximum Gasteiger partial charge on any atom is 0.349 e. The zero-order chi connectivity index (χ0) is 13.7. The highest BCUT2D eigenvalue weighted by Crippen LogP contribution is 1.86. The third kappa shape index (κ3) is 3.74. The first-order chi connectivity index (χ1) is 8.40. The molecule has 0 fully saturated rings. The average molecular weight is 250 g/mol. The van der Waals surface area contributed by atoms with Gasteiger partial charge in [-0.3, -0.25) is 0 Å². The lowest BCUT2D eigenvalue weighted by Crippen LogP contribution is -2.19. The molecule has 0 saturated carbocycles. The zero-order valence-corrected chi connectivity index (χ0v) is 10.1. The topological polar surface area (TPSA) is 122 Å². The van der Waals surface area contributed by atoms with Gasteiger partial charge in [0.25, 0.3) is 0 Å². The summed E-state index contributed by atoms with van der Waals surface area (Å²) in [6, 6.07) is 3.14. The average Bonchev–Trinajstić information content (AvgIpc) is 2.30. The molecule has 2 aromatic rings. The van der Waals surface area contributed by atoms with E-state index in [0.29, 0.717) is 0 Å². The SMILES string of the molecule is Cn1ccc(N)nc1=O.Cn1ccc(N)nc1=O. The van der Waals surface area contributed by atoms with Crippen molar-refractivity contribution in [3.63, 3.8) is 0 Å². The van der Waals surface area contributed by atoms with Gasteiger partial charge in [-0.2, -0.15) is 9.97 Å². The molecule has 0 saturated heterocycles. The van der Waals surface area contributed by atoms with Crippen molar-refractivity contribution in [2.24, 2.45) is 14.1 Å². The van der Waals surface area contributed by atoms with Gasteiger partial charge >= 0.3 is 11.4 Å². The van der Waals surface area contributed by atoms with E-state index in [1.165, 1.54) is 9.13 Å². The van der Waals surface area contributed by atoms with E-state index in [1.807, 2.05) is 0 Å². The molecular formula is C10H14N6O2. The Bertz CT molecular complexity index is 588. The number of nitrogens with zero attached hydrogens (tertiary/aromatic N) is 4. The van der Waals surface area contributed by atoms with Crippen LogP contribution in [-0.2, 0) is 14.1 Å². The van der Waals surface area contributed by atoms with Crippen molar-refractivity contribution < 1.29 is 0 Å². The molecule has 0 aliphatic heterocycles. The molecule has 2 aromatic heterocycles. The summed E-state index contributed by atoms with van der Waals surface area (Å²) >= 11 is 0. The number of aryl methyl sites for hydroxylation is 2. The second kappa shape index (κ2) is 5.62. The molecule has 0 radical (unpaired) electrons. The Balaban J connectivity index is 0.000000180. The molecule has 0 bridgehead atoms. The van der Waals surface area contributed by atoms with E-state index in [0.717, 1.165) is 0 Å². The fourth-order valence-electron chi connectivity index (χ4n) is 0.957. The van der Waals surface area contributed by atoms with Crippen LogP contribution in [0, 0.1) is 0 Å². The number of nitrogens with two attached hydrogens (primary N) is 2. The van der Waals surface area contributed by atoms with Crippen molar-refractivity contribution >= 4 is 11.6 Å². The Kier molecular flexibility index (Phi) is 4.19. The first-order valence-electron chi connectivity index (χ1n) is 4.98. The quantitative estimate of drug-likeness (QED) is 0.600. The third-order valence-corrected chi connectivity index (χ3v) is 1.99. The van der Waals surface area contributed by atoms with Gasteiger partial charge in [-0.25, -0.2) is 9.59 Å². The predicted octanol–water partition coefficient (Wildman–Crippen LogP) is -1.27. The van der Waals surface area contributed by atoms with E-state index in [-0.39, 0.29) is 23.0 Å². The van der Waals surface area contributed by atoms with Crippen molar-refractivity contribution in [2.75, 3.05) is 11.5 Å². The lowest BCUT2D eigenvalue weighted by atomic mass is 10.6. The van der Waals surface area contributed by atoms with Gasteiger partial charge in [0.1, 0.15) is 11.6 Å². The minimum absolute atomic E-state index is 0.262. The molecule has 0 aromatic carbocycles. The molecular weight excluding hydrogens is 236 g/mol. The van der Waals surface area contributed by atoms with Gasteiger partial charge in [0, 0.05) is 26.5 Å². The van der Waals surface area contributed by atoms with Gasteiger partial charge in [-0.1, -0.05) is 0 Å². The number of anilines is 2. The van der Waals surface area contributed by atoms with Crippen LogP contribution < -0.4 is 22.8 Å². The normalized spacial score (nSPS) is 9.44. The molecule has 18 heavy (non-hydrogen) atoms. The molecule has 0 unspecified atom stereocenters. The molecule has 0 aliphatic carbocycles. The van der Waals surface area contributed by atoms with Crippen LogP contribution in [0.4, 0.5) is 11.6 Å². The van der Waals surface area contributed by atoms with Gasteiger partial charge < -0.3 is 20.6 Å². The first-order valence-corrected chi connectivity index (χ1v) is 4.98. The maximum absolute atomic E-state index is 10.6. The molecule has 0 atom stereocenters. The number of aromatic nitrogens is 4. The standard InChI is InChI=1S/2C5H7N3O/c2*1-8-3-2-4(6)7-5(8)9/h2*2-3H,1H3,(H2,6,7,9). The van der Waals surface area contributed by atoms with Crippen LogP contribution in [0.2, 0.25) is 0 Å². The number of nitrogen functional groups attached to an aromatic ring is 2. The highest BCUT2D eigenvalue weighted by atomic mass is 16.1. The Morgan fingerprint density at radius 2 is 1.22 bits per heavy atom. The molecule has 0 spiro atoms. The summed E-state index contributed by atoms with van der Waals surface area (Å²) in [5.41, 5.74) is 9.76. The second-order valence-corrected chi connectivity index (χ2v) is 3.49. The molecule has 8 nitrogen and oxygen atoms in total.